The molecule has 1 aromatic carbocycles. The summed E-state index contributed by atoms with van der Waals surface area (Å²) in [5, 5.41) is 3.09. The highest BCUT2D eigenvalue weighted by Crippen LogP contribution is 2.34. The van der Waals surface area contributed by atoms with Crippen molar-refractivity contribution < 1.29 is 4.79 Å². The first-order chi connectivity index (χ1) is 9.54. The van der Waals surface area contributed by atoms with E-state index in [-0.39, 0.29) is 18.0 Å². The third-order valence-electron chi connectivity index (χ3n) is 4.02. The number of fused-ring (bicyclic) bond motifs is 1. The summed E-state index contributed by atoms with van der Waals surface area (Å²) >= 11 is 0. The van der Waals surface area contributed by atoms with Crippen LogP contribution in [0, 0.1) is 0 Å². The number of carbonyl (C=O) groups excluding carboxylic acids is 1. The molecule has 2 atom stereocenters. The van der Waals surface area contributed by atoms with Crippen molar-refractivity contribution in [2.75, 3.05) is 17.2 Å². The van der Waals surface area contributed by atoms with Gasteiger partial charge in [-0.3, -0.25) is 4.79 Å². The van der Waals surface area contributed by atoms with Crippen molar-refractivity contribution in [3.05, 3.63) is 23.8 Å². The van der Waals surface area contributed by atoms with Crippen LogP contribution in [0.25, 0.3) is 0 Å². The molecule has 2 rings (SSSR count). The van der Waals surface area contributed by atoms with E-state index in [2.05, 4.69) is 30.1 Å². The molecule has 0 aliphatic carbocycles. The minimum atomic E-state index is -0.180. The number of hydrogen-bond donors (Lipinski definition) is 2. The van der Waals surface area contributed by atoms with E-state index in [1.54, 1.807) is 0 Å². The number of benzene rings is 1. The minimum absolute atomic E-state index is 0.0852. The number of nitrogens with one attached hydrogen (secondary N) is 1. The molecular formula is C16H25N3O. The second-order valence-corrected chi connectivity index (χ2v) is 5.67. The summed E-state index contributed by atoms with van der Waals surface area (Å²) < 4.78 is 0. The second kappa shape index (κ2) is 6.16. The highest BCUT2D eigenvalue weighted by molar-refractivity contribution is 5.88. The molecule has 1 aliphatic rings. The molecule has 0 aromatic heterocycles. The number of nitrogens with two attached hydrogens (primary N) is 1. The van der Waals surface area contributed by atoms with E-state index < -0.39 is 0 Å². The van der Waals surface area contributed by atoms with Gasteiger partial charge < -0.3 is 16.0 Å². The fourth-order valence-corrected chi connectivity index (χ4v) is 2.91. The van der Waals surface area contributed by atoms with Crippen LogP contribution in [0.5, 0.6) is 0 Å². The third-order valence-corrected chi connectivity index (χ3v) is 4.02. The number of carbonyl (C=O) groups is 1. The Kier molecular flexibility index (Phi) is 4.53. The normalized spacial score (nSPS) is 16.6. The first kappa shape index (κ1) is 14.7. The number of anilines is 2. The zero-order valence-corrected chi connectivity index (χ0v) is 12.6. The fourth-order valence-electron chi connectivity index (χ4n) is 2.91. The van der Waals surface area contributed by atoms with E-state index in [1.807, 2.05) is 19.1 Å². The van der Waals surface area contributed by atoms with Crippen LogP contribution in [-0.2, 0) is 11.2 Å². The van der Waals surface area contributed by atoms with Crippen molar-refractivity contribution in [3.8, 4) is 0 Å². The lowest BCUT2D eigenvalue weighted by atomic mass is 10.1. The van der Waals surface area contributed by atoms with Crippen LogP contribution in [0.1, 0.15) is 39.2 Å². The molecule has 0 fully saturated rings. The summed E-state index contributed by atoms with van der Waals surface area (Å²) in [5.74, 6) is 0.0852. The Balaban J connectivity index is 2.08. The van der Waals surface area contributed by atoms with Gasteiger partial charge in [0.1, 0.15) is 6.04 Å². The highest BCUT2D eigenvalue weighted by atomic mass is 16.2. The minimum Gasteiger partial charge on any atom is -0.397 e. The number of nitrogen functional groups attached to an aromatic ring is 1. The fraction of sp³-hybridized carbons (Fsp3) is 0.562. The van der Waals surface area contributed by atoms with E-state index in [9.17, 15) is 4.79 Å². The summed E-state index contributed by atoms with van der Waals surface area (Å²) in [7, 11) is 0. The third kappa shape index (κ3) is 2.89. The van der Waals surface area contributed by atoms with E-state index in [0.29, 0.717) is 0 Å². The van der Waals surface area contributed by atoms with Crippen molar-refractivity contribution in [1.82, 2.24) is 5.32 Å². The molecule has 4 heteroatoms. The summed E-state index contributed by atoms with van der Waals surface area (Å²) in [5.41, 5.74) is 9.12. The van der Waals surface area contributed by atoms with Crippen molar-refractivity contribution in [1.29, 1.82) is 0 Å². The standard InChI is InChI=1S/C16H25N3O/c1-4-6-11(2)18-16(20)12(3)19-10-9-13-7-5-8-14(17)15(13)19/h5,7-8,11-12H,4,6,9-10,17H2,1-3H3,(H,18,20). The molecular weight excluding hydrogens is 250 g/mol. The average molecular weight is 275 g/mol. The van der Waals surface area contributed by atoms with Crippen LogP contribution in [0.2, 0.25) is 0 Å². The van der Waals surface area contributed by atoms with Gasteiger partial charge >= 0.3 is 0 Å². The maximum Gasteiger partial charge on any atom is 0.242 e. The number of hydrogen-bond acceptors (Lipinski definition) is 3. The summed E-state index contributed by atoms with van der Waals surface area (Å²) in [6, 6.07) is 6.02. The van der Waals surface area contributed by atoms with Crippen molar-refractivity contribution in [3.63, 3.8) is 0 Å². The lowest BCUT2D eigenvalue weighted by molar-refractivity contribution is -0.122. The largest absolute Gasteiger partial charge is 0.397 e. The van der Waals surface area contributed by atoms with Crippen molar-refractivity contribution in [2.24, 2.45) is 0 Å². The molecule has 20 heavy (non-hydrogen) atoms. The number of amides is 1. The summed E-state index contributed by atoms with van der Waals surface area (Å²) in [6.07, 6.45) is 3.05. The zero-order chi connectivity index (χ0) is 14.7. The van der Waals surface area contributed by atoms with Crippen LogP contribution in [-0.4, -0.2) is 24.5 Å². The SMILES string of the molecule is CCCC(C)NC(=O)C(C)N1CCc2cccc(N)c21. The Morgan fingerprint density at radius 2 is 2.20 bits per heavy atom. The Labute approximate surface area is 121 Å². The smallest absolute Gasteiger partial charge is 0.242 e. The van der Waals surface area contributed by atoms with Crippen LogP contribution >= 0.6 is 0 Å². The van der Waals surface area contributed by atoms with E-state index >= 15 is 0 Å². The van der Waals surface area contributed by atoms with Crippen molar-refractivity contribution in [2.45, 2.75) is 52.1 Å². The van der Waals surface area contributed by atoms with Crippen LogP contribution in [0.4, 0.5) is 11.4 Å². The Hall–Kier alpha value is -1.71. The molecule has 0 radical (unpaired) electrons. The van der Waals surface area contributed by atoms with Crippen LogP contribution in [0.3, 0.4) is 0 Å². The summed E-state index contributed by atoms with van der Waals surface area (Å²) in [6.45, 7) is 7.00. The van der Waals surface area contributed by atoms with Gasteiger partial charge in [0.05, 0.1) is 11.4 Å². The molecule has 0 saturated heterocycles. The molecule has 1 amide bonds. The molecule has 2 unspecified atom stereocenters. The second-order valence-electron chi connectivity index (χ2n) is 5.67. The Morgan fingerprint density at radius 3 is 2.90 bits per heavy atom. The first-order valence-electron chi connectivity index (χ1n) is 7.49. The predicted molar refractivity (Wildman–Crippen MR) is 83.9 cm³/mol. The number of rotatable bonds is 5. The van der Waals surface area contributed by atoms with Gasteiger partial charge in [0.15, 0.2) is 0 Å². The topological polar surface area (TPSA) is 58.4 Å². The molecule has 1 aliphatic heterocycles. The van der Waals surface area contributed by atoms with Gasteiger partial charge in [-0.2, -0.15) is 0 Å². The van der Waals surface area contributed by atoms with E-state index in [0.717, 1.165) is 37.2 Å². The molecule has 3 N–H and O–H groups in total. The monoisotopic (exact) mass is 275 g/mol. The molecule has 110 valence electrons. The van der Waals surface area contributed by atoms with Gasteiger partial charge in [-0.15, -0.1) is 0 Å². The predicted octanol–water partition coefficient (Wildman–Crippen LogP) is 2.32. The Bertz CT molecular complexity index is 487. The molecule has 4 nitrogen and oxygen atoms in total. The van der Waals surface area contributed by atoms with E-state index in [4.69, 9.17) is 5.73 Å². The van der Waals surface area contributed by atoms with Crippen LogP contribution in [0.15, 0.2) is 18.2 Å². The molecule has 0 spiro atoms. The van der Waals surface area contributed by atoms with Gasteiger partial charge in [0.2, 0.25) is 5.91 Å². The maximum atomic E-state index is 12.3. The highest BCUT2D eigenvalue weighted by Gasteiger charge is 2.29. The number of nitrogens with zero attached hydrogens (tertiary/aromatic N) is 1. The van der Waals surface area contributed by atoms with Crippen molar-refractivity contribution >= 4 is 17.3 Å². The van der Waals surface area contributed by atoms with Gasteiger partial charge in [0, 0.05) is 12.6 Å². The lowest BCUT2D eigenvalue weighted by Crippen LogP contribution is -2.47. The lowest BCUT2D eigenvalue weighted by Gasteiger charge is -2.28. The Morgan fingerprint density at radius 1 is 1.45 bits per heavy atom. The quantitative estimate of drug-likeness (QED) is 0.811. The van der Waals surface area contributed by atoms with Gasteiger partial charge in [-0.1, -0.05) is 25.5 Å². The molecule has 0 bridgehead atoms. The van der Waals surface area contributed by atoms with Gasteiger partial charge in [-0.25, -0.2) is 0 Å². The van der Waals surface area contributed by atoms with Crippen LogP contribution < -0.4 is 16.0 Å². The van der Waals surface area contributed by atoms with Gasteiger partial charge in [0.25, 0.3) is 0 Å². The zero-order valence-electron chi connectivity index (χ0n) is 12.6. The molecule has 1 heterocycles. The molecule has 0 saturated carbocycles. The molecule has 1 aromatic rings. The maximum absolute atomic E-state index is 12.3. The average Bonchev–Trinajstić information content (AvgIpc) is 2.83. The van der Waals surface area contributed by atoms with Gasteiger partial charge in [-0.05, 0) is 38.3 Å². The van der Waals surface area contributed by atoms with E-state index in [1.165, 1.54) is 5.56 Å². The summed E-state index contributed by atoms with van der Waals surface area (Å²) in [4.78, 5) is 14.5. The first-order valence-corrected chi connectivity index (χ1v) is 7.49. The number of para-hydroxylation sites is 1.